The Labute approximate surface area is 120 Å². The van der Waals surface area contributed by atoms with Crippen LogP contribution < -0.4 is 5.32 Å². The fourth-order valence-corrected chi connectivity index (χ4v) is 1.99. The fourth-order valence-electron chi connectivity index (χ4n) is 1.99. The molecule has 5 heteroatoms. The molecule has 0 spiro atoms. The lowest BCUT2D eigenvalue weighted by molar-refractivity contribution is 0.0657. The third-order valence-corrected chi connectivity index (χ3v) is 3.00. The molecule has 0 saturated heterocycles. The van der Waals surface area contributed by atoms with E-state index in [1.54, 1.807) is 12.0 Å². The first-order valence-electron chi connectivity index (χ1n) is 6.87. The van der Waals surface area contributed by atoms with E-state index in [1.165, 1.54) is 0 Å². The summed E-state index contributed by atoms with van der Waals surface area (Å²) in [4.78, 5) is 14.2. The van der Waals surface area contributed by atoms with Crippen LogP contribution in [-0.4, -0.2) is 55.9 Å². The molecule has 1 rings (SSSR count). The number of amides is 1. The van der Waals surface area contributed by atoms with Gasteiger partial charge in [-0.15, -0.1) is 0 Å². The van der Waals surface area contributed by atoms with E-state index in [0.717, 1.165) is 17.8 Å². The molecular weight excluding hydrogens is 256 g/mol. The van der Waals surface area contributed by atoms with E-state index >= 15 is 0 Å². The minimum atomic E-state index is -0.0873. The van der Waals surface area contributed by atoms with Crippen molar-refractivity contribution in [3.63, 3.8) is 0 Å². The molecule has 0 aromatic heterocycles. The van der Waals surface area contributed by atoms with Gasteiger partial charge in [0.25, 0.3) is 5.91 Å². The Kier molecular flexibility index (Phi) is 7.04. The van der Waals surface area contributed by atoms with Crippen LogP contribution in [0.3, 0.4) is 0 Å². The Morgan fingerprint density at radius 3 is 2.75 bits per heavy atom. The smallest absolute Gasteiger partial charge is 0.256 e. The Morgan fingerprint density at radius 1 is 1.40 bits per heavy atom. The van der Waals surface area contributed by atoms with Crippen LogP contribution in [0, 0.1) is 6.92 Å². The number of hydrogen-bond acceptors (Lipinski definition) is 4. The molecular formula is C15H24N2O3. The predicted molar refractivity (Wildman–Crippen MR) is 80.2 cm³/mol. The number of carbonyl (C=O) groups excluding carboxylic acids is 1. The van der Waals surface area contributed by atoms with Gasteiger partial charge in [0.15, 0.2) is 0 Å². The van der Waals surface area contributed by atoms with Crippen LogP contribution >= 0.6 is 0 Å². The highest BCUT2D eigenvalue weighted by atomic mass is 16.5. The second-order valence-corrected chi connectivity index (χ2v) is 4.59. The van der Waals surface area contributed by atoms with Gasteiger partial charge in [-0.25, -0.2) is 0 Å². The average molecular weight is 280 g/mol. The van der Waals surface area contributed by atoms with Gasteiger partial charge in [0.05, 0.1) is 18.8 Å². The van der Waals surface area contributed by atoms with Crippen molar-refractivity contribution in [2.24, 2.45) is 0 Å². The molecule has 0 heterocycles. The lowest BCUT2D eigenvalue weighted by Gasteiger charge is -2.23. The highest BCUT2D eigenvalue weighted by Crippen LogP contribution is 2.19. The zero-order valence-corrected chi connectivity index (χ0v) is 12.5. The summed E-state index contributed by atoms with van der Waals surface area (Å²) in [7, 11) is 1.60. The number of nitrogens with zero attached hydrogens (tertiary/aromatic N) is 1. The normalized spacial score (nSPS) is 10.4. The van der Waals surface area contributed by atoms with Crippen LogP contribution in [0.15, 0.2) is 18.2 Å². The first-order chi connectivity index (χ1) is 9.63. The molecule has 0 unspecified atom stereocenters. The van der Waals surface area contributed by atoms with Crippen molar-refractivity contribution in [2.75, 3.05) is 45.3 Å². The van der Waals surface area contributed by atoms with Crippen LogP contribution in [0.1, 0.15) is 22.8 Å². The summed E-state index contributed by atoms with van der Waals surface area (Å²) < 4.78 is 5.02. The molecule has 0 aliphatic rings. The predicted octanol–water partition coefficient (Wildman–Crippen LogP) is 1.51. The number of rotatable bonds is 8. The summed E-state index contributed by atoms with van der Waals surface area (Å²) in [6.07, 6.45) is 0. The molecule has 0 atom stereocenters. The molecule has 0 bridgehead atoms. The van der Waals surface area contributed by atoms with Crippen molar-refractivity contribution < 1.29 is 14.6 Å². The molecule has 20 heavy (non-hydrogen) atoms. The molecule has 5 nitrogen and oxygen atoms in total. The van der Waals surface area contributed by atoms with Gasteiger partial charge in [-0.2, -0.15) is 0 Å². The van der Waals surface area contributed by atoms with E-state index in [-0.39, 0.29) is 12.5 Å². The third-order valence-electron chi connectivity index (χ3n) is 3.00. The number of aliphatic hydroxyl groups excluding tert-OH is 1. The second kappa shape index (κ2) is 8.55. The maximum atomic E-state index is 12.6. The van der Waals surface area contributed by atoms with E-state index in [4.69, 9.17) is 9.84 Å². The molecule has 1 aromatic rings. The monoisotopic (exact) mass is 280 g/mol. The molecule has 0 saturated carbocycles. The first-order valence-corrected chi connectivity index (χ1v) is 6.87. The number of aryl methyl sites for hydroxylation is 1. The van der Waals surface area contributed by atoms with Crippen LogP contribution in [-0.2, 0) is 4.74 Å². The lowest BCUT2D eigenvalue weighted by atomic mass is 10.1. The van der Waals surface area contributed by atoms with Gasteiger partial charge >= 0.3 is 0 Å². The van der Waals surface area contributed by atoms with Crippen molar-refractivity contribution in [3.05, 3.63) is 29.3 Å². The average Bonchev–Trinajstić information content (AvgIpc) is 2.45. The number of aliphatic hydroxyl groups is 1. The highest BCUT2D eigenvalue weighted by Gasteiger charge is 2.18. The summed E-state index contributed by atoms with van der Waals surface area (Å²) in [5, 5.41) is 12.3. The Morgan fingerprint density at radius 2 is 2.15 bits per heavy atom. The van der Waals surface area contributed by atoms with Gasteiger partial charge in [-0.3, -0.25) is 4.79 Å². The quantitative estimate of drug-likeness (QED) is 0.757. The van der Waals surface area contributed by atoms with Gasteiger partial charge in [-0.1, -0.05) is 11.6 Å². The van der Waals surface area contributed by atoms with Crippen LogP contribution in [0.2, 0.25) is 0 Å². The van der Waals surface area contributed by atoms with E-state index in [0.29, 0.717) is 25.3 Å². The van der Waals surface area contributed by atoms with Crippen molar-refractivity contribution >= 4 is 11.6 Å². The number of ether oxygens (including phenoxy) is 1. The Balaban J connectivity index is 2.99. The summed E-state index contributed by atoms with van der Waals surface area (Å²) >= 11 is 0. The van der Waals surface area contributed by atoms with Gasteiger partial charge < -0.3 is 20.1 Å². The van der Waals surface area contributed by atoms with E-state index in [2.05, 4.69) is 5.32 Å². The first kappa shape index (κ1) is 16.5. The zero-order chi connectivity index (χ0) is 15.0. The third kappa shape index (κ3) is 4.51. The van der Waals surface area contributed by atoms with E-state index in [1.807, 2.05) is 32.0 Å². The number of carbonyl (C=O) groups is 1. The van der Waals surface area contributed by atoms with Crippen LogP contribution in [0.25, 0.3) is 0 Å². The number of benzene rings is 1. The highest BCUT2D eigenvalue weighted by molar-refractivity contribution is 5.99. The zero-order valence-electron chi connectivity index (χ0n) is 12.5. The topological polar surface area (TPSA) is 61.8 Å². The standard InChI is InChI=1S/C15H24N2O3/c1-4-16-14-6-5-12(2)11-13(14)15(19)17(7-9-18)8-10-20-3/h5-6,11,16,18H,4,7-10H2,1-3H3. The number of anilines is 1. The minimum Gasteiger partial charge on any atom is -0.395 e. The summed E-state index contributed by atoms with van der Waals surface area (Å²) in [6, 6.07) is 5.76. The minimum absolute atomic E-state index is 0.0577. The van der Waals surface area contributed by atoms with Crippen molar-refractivity contribution in [1.82, 2.24) is 4.90 Å². The Bertz CT molecular complexity index is 435. The van der Waals surface area contributed by atoms with Gasteiger partial charge in [0.2, 0.25) is 0 Å². The van der Waals surface area contributed by atoms with Crippen LogP contribution in [0.4, 0.5) is 5.69 Å². The van der Waals surface area contributed by atoms with Crippen LogP contribution in [0.5, 0.6) is 0 Å². The molecule has 1 aromatic carbocycles. The summed E-state index contributed by atoms with van der Waals surface area (Å²) in [5.74, 6) is -0.0873. The molecule has 2 N–H and O–H groups in total. The second-order valence-electron chi connectivity index (χ2n) is 4.59. The van der Waals surface area contributed by atoms with Gasteiger partial charge in [0.1, 0.15) is 0 Å². The SMILES string of the molecule is CCNc1ccc(C)cc1C(=O)N(CCO)CCOC. The molecule has 0 radical (unpaired) electrons. The van der Waals surface area contributed by atoms with E-state index in [9.17, 15) is 4.79 Å². The summed E-state index contributed by atoms with van der Waals surface area (Å²) in [5.41, 5.74) is 2.49. The van der Waals surface area contributed by atoms with Gasteiger partial charge in [0, 0.05) is 32.4 Å². The van der Waals surface area contributed by atoms with E-state index < -0.39 is 0 Å². The van der Waals surface area contributed by atoms with Crippen molar-refractivity contribution in [3.8, 4) is 0 Å². The number of hydrogen-bond donors (Lipinski definition) is 2. The Hall–Kier alpha value is -1.59. The molecule has 112 valence electrons. The molecule has 0 fully saturated rings. The largest absolute Gasteiger partial charge is 0.395 e. The summed E-state index contributed by atoms with van der Waals surface area (Å²) in [6.45, 7) is 5.87. The lowest BCUT2D eigenvalue weighted by Crippen LogP contribution is -2.36. The van der Waals surface area contributed by atoms with Gasteiger partial charge in [-0.05, 0) is 26.0 Å². The fraction of sp³-hybridized carbons (Fsp3) is 0.533. The van der Waals surface area contributed by atoms with Crippen molar-refractivity contribution in [2.45, 2.75) is 13.8 Å². The molecule has 0 aliphatic carbocycles. The molecule has 1 amide bonds. The molecule has 0 aliphatic heterocycles. The number of nitrogens with one attached hydrogen (secondary N) is 1. The van der Waals surface area contributed by atoms with Crippen molar-refractivity contribution in [1.29, 1.82) is 0 Å². The number of methoxy groups -OCH3 is 1. The maximum absolute atomic E-state index is 12.6. The maximum Gasteiger partial charge on any atom is 0.256 e.